The van der Waals surface area contributed by atoms with Crippen LogP contribution in [-0.2, 0) is 39.2 Å². The molecule has 0 aromatic carbocycles. The molecular formula is C22H30N10O9P2. The van der Waals surface area contributed by atoms with E-state index in [0.717, 1.165) is 6.66 Å². The number of ether oxygens (including phenoxy) is 2. The van der Waals surface area contributed by atoms with E-state index in [1.807, 2.05) is 0 Å². The molecule has 19 nitrogen and oxygen atoms in total. The largest absolute Gasteiger partial charge is 0.382 e. The van der Waals surface area contributed by atoms with E-state index in [-0.39, 0.29) is 30.3 Å². The molecule has 43 heavy (non-hydrogen) atoms. The molecule has 4 aromatic heterocycles. The number of imidazole rings is 2. The summed E-state index contributed by atoms with van der Waals surface area (Å²) in [5.74, 6) is 0.334. The third kappa shape index (κ3) is 5.82. The highest BCUT2D eigenvalue weighted by Gasteiger charge is 2.44. The van der Waals surface area contributed by atoms with Crippen LogP contribution in [0.25, 0.3) is 22.3 Å². The van der Waals surface area contributed by atoms with Crippen LogP contribution in [0, 0.1) is 0 Å². The number of aromatic nitrogens is 8. The number of hydrogen-bond donors (Lipinski definition) is 3. The van der Waals surface area contributed by atoms with Gasteiger partial charge in [-0.3, -0.25) is 22.8 Å². The van der Waals surface area contributed by atoms with Gasteiger partial charge < -0.3 is 34.9 Å². The van der Waals surface area contributed by atoms with Crippen LogP contribution in [-0.4, -0.2) is 81.9 Å². The average Bonchev–Trinajstić information content (AvgIpc) is 3.69. The Kier molecular flexibility index (Phi) is 7.63. The summed E-state index contributed by atoms with van der Waals surface area (Å²) in [6, 6.07) is 0. The molecule has 4 aromatic rings. The van der Waals surface area contributed by atoms with E-state index in [4.69, 9.17) is 34.5 Å². The number of nitrogens with two attached hydrogens (primary N) is 2. The van der Waals surface area contributed by atoms with Gasteiger partial charge in [0.05, 0.1) is 19.0 Å². The number of anilines is 2. The van der Waals surface area contributed by atoms with Crippen molar-refractivity contribution in [2.24, 2.45) is 7.05 Å². The zero-order chi connectivity index (χ0) is 30.7. The highest BCUT2D eigenvalue weighted by molar-refractivity contribution is 7.53. The molecule has 2 saturated heterocycles. The summed E-state index contributed by atoms with van der Waals surface area (Å²) in [5, 5.41) is 0. The first-order valence-electron chi connectivity index (χ1n) is 13.1. The molecule has 2 aliphatic rings. The van der Waals surface area contributed by atoms with Gasteiger partial charge in [-0.1, -0.05) is 0 Å². The van der Waals surface area contributed by atoms with E-state index in [9.17, 15) is 18.8 Å². The number of rotatable bonds is 9. The van der Waals surface area contributed by atoms with Gasteiger partial charge in [-0.25, -0.2) is 34.3 Å². The molecule has 0 aliphatic carbocycles. The molecule has 0 amide bonds. The number of nitrogen functional groups attached to an aromatic ring is 2. The Bertz CT molecular complexity index is 1840. The van der Waals surface area contributed by atoms with E-state index >= 15 is 0 Å². The molecule has 0 saturated carbocycles. The Balaban J connectivity index is 1.19. The van der Waals surface area contributed by atoms with E-state index in [1.165, 1.54) is 41.8 Å². The lowest BCUT2D eigenvalue weighted by atomic mass is 10.2. The van der Waals surface area contributed by atoms with Crippen molar-refractivity contribution in [1.82, 2.24) is 38.6 Å². The minimum absolute atomic E-state index is 0.00783. The first-order chi connectivity index (χ1) is 20.3. The zero-order valence-corrected chi connectivity index (χ0v) is 25.1. The molecule has 6 heterocycles. The van der Waals surface area contributed by atoms with Crippen molar-refractivity contribution in [3.05, 3.63) is 29.5 Å². The summed E-state index contributed by atoms with van der Waals surface area (Å²) in [6.07, 6.45) is 0.641. The molecule has 2 fully saturated rings. The normalized spacial score (nSPS) is 27.1. The molecule has 7 atom stereocenters. The van der Waals surface area contributed by atoms with E-state index in [0.29, 0.717) is 29.5 Å². The fraction of sp³-hybridized carbons (Fsp3) is 0.545. The third-order valence-corrected chi connectivity index (χ3v) is 9.03. The molecule has 2 unspecified atom stereocenters. The molecule has 5 N–H and O–H groups in total. The van der Waals surface area contributed by atoms with Crippen LogP contribution < -0.4 is 17.2 Å². The minimum Gasteiger partial charge on any atom is -0.382 e. The third-order valence-electron chi connectivity index (χ3n) is 7.13. The van der Waals surface area contributed by atoms with Gasteiger partial charge in [0, 0.05) is 33.2 Å². The zero-order valence-electron chi connectivity index (χ0n) is 23.3. The lowest BCUT2D eigenvalue weighted by Crippen LogP contribution is -2.29. The standard InChI is InChI=1S/C22H30N10O9P2/c1-30-17-19(24)26-9-28-21(17)32(22(30)33)14-6-11(12(38-14)7-37-42(2,34)35)40-43(3,36)41-15-5-4-13(39-15)31-10-29-16-18(23)25-8-27-20(16)31/h8-15H,4-7H2,1-3H3,(H,34,35)(H2,23,25,27)(H2,24,26,28)/t11-,12+,13+,14+,15+,43?/m0/s1. The van der Waals surface area contributed by atoms with Gasteiger partial charge >= 0.3 is 20.9 Å². The molecule has 0 radical (unpaired) electrons. The lowest BCUT2D eigenvalue weighted by Gasteiger charge is -2.25. The van der Waals surface area contributed by atoms with Crippen LogP contribution in [0.1, 0.15) is 31.7 Å². The molecule has 6 rings (SSSR count). The topological polar surface area (TPSA) is 249 Å². The van der Waals surface area contributed by atoms with Crippen LogP contribution in [0.2, 0.25) is 0 Å². The van der Waals surface area contributed by atoms with Crippen molar-refractivity contribution < 1.29 is 37.1 Å². The number of nitrogens with zero attached hydrogens (tertiary/aromatic N) is 8. The SMILES string of the molecule is Cn1c(=O)n([C@H]2C[C@H](OP(C)(=O)O[C@@H]3CC[C@H](n4cnc5c(N)ncnc54)O3)[C@@H](COP(C)(=O)O)O2)c2ncnc(N)c21. The fourth-order valence-corrected chi connectivity index (χ4v) is 7.03. The Morgan fingerprint density at radius 1 is 1.00 bits per heavy atom. The van der Waals surface area contributed by atoms with Crippen LogP contribution >= 0.6 is 15.2 Å². The summed E-state index contributed by atoms with van der Waals surface area (Å²) in [7, 11) is -6.22. The van der Waals surface area contributed by atoms with E-state index in [2.05, 4.69) is 24.9 Å². The molecule has 21 heteroatoms. The Labute approximate surface area is 243 Å². The summed E-state index contributed by atoms with van der Waals surface area (Å²) >= 11 is 0. The van der Waals surface area contributed by atoms with Crippen molar-refractivity contribution in [2.75, 3.05) is 31.4 Å². The molecule has 0 bridgehead atoms. The van der Waals surface area contributed by atoms with Gasteiger partial charge in [0.15, 0.2) is 29.2 Å². The quantitative estimate of drug-likeness (QED) is 0.217. The van der Waals surface area contributed by atoms with Gasteiger partial charge in [0.1, 0.15) is 42.2 Å². The molecular weight excluding hydrogens is 610 g/mol. The van der Waals surface area contributed by atoms with Crippen LogP contribution in [0.4, 0.5) is 11.6 Å². The van der Waals surface area contributed by atoms with E-state index in [1.54, 1.807) is 4.57 Å². The van der Waals surface area contributed by atoms with Gasteiger partial charge in [-0.2, -0.15) is 0 Å². The van der Waals surface area contributed by atoms with Gasteiger partial charge in [-0.05, 0) is 6.42 Å². The maximum Gasteiger partial charge on any atom is 0.332 e. The smallest absolute Gasteiger partial charge is 0.332 e. The number of fused-ring (bicyclic) bond motifs is 2. The van der Waals surface area contributed by atoms with Crippen LogP contribution in [0.15, 0.2) is 23.8 Å². The van der Waals surface area contributed by atoms with Crippen molar-refractivity contribution in [2.45, 2.75) is 50.2 Å². The summed E-state index contributed by atoms with van der Waals surface area (Å²) in [4.78, 5) is 43.4. The van der Waals surface area contributed by atoms with E-state index < -0.39 is 51.8 Å². The maximum atomic E-state index is 13.6. The second kappa shape index (κ2) is 11.0. The second-order valence-corrected chi connectivity index (χ2v) is 14.1. The Hall–Kier alpha value is -3.28. The predicted octanol–water partition coefficient (Wildman–Crippen LogP) is 1.11. The fourth-order valence-electron chi connectivity index (χ4n) is 5.26. The van der Waals surface area contributed by atoms with Gasteiger partial charge in [0.25, 0.3) is 0 Å². The summed E-state index contributed by atoms with van der Waals surface area (Å²) in [5.41, 5.74) is 12.8. The lowest BCUT2D eigenvalue weighted by molar-refractivity contribution is -0.104. The average molecular weight is 640 g/mol. The van der Waals surface area contributed by atoms with Crippen molar-refractivity contribution in [1.29, 1.82) is 0 Å². The van der Waals surface area contributed by atoms with Crippen molar-refractivity contribution in [3.8, 4) is 0 Å². The van der Waals surface area contributed by atoms with Crippen LogP contribution in [0.3, 0.4) is 0 Å². The Morgan fingerprint density at radius 2 is 1.72 bits per heavy atom. The minimum atomic E-state index is -3.90. The highest BCUT2D eigenvalue weighted by atomic mass is 31.2. The van der Waals surface area contributed by atoms with Crippen molar-refractivity contribution in [3.63, 3.8) is 0 Å². The van der Waals surface area contributed by atoms with Crippen molar-refractivity contribution >= 4 is 49.2 Å². The Morgan fingerprint density at radius 3 is 2.47 bits per heavy atom. The van der Waals surface area contributed by atoms with Crippen LogP contribution in [0.5, 0.6) is 0 Å². The summed E-state index contributed by atoms with van der Waals surface area (Å²) < 4.78 is 58.6. The molecule has 2 aliphatic heterocycles. The first-order valence-corrected chi connectivity index (χ1v) is 17.1. The number of hydrogen-bond acceptors (Lipinski definition) is 15. The maximum absolute atomic E-state index is 13.6. The van der Waals surface area contributed by atoms with Gasteiger partial charge in [-0.15, -0.1) is 0 Å². The highest BCUT2D eigenvalue weighted by Crippen LogP contribution is 2.52. The predicted molar refractivity (Wildman–Crippen MR) is 150 cm³/mol. The van der Waals surface area contributed by atoms with Gasteiger partial charge in [0.2, 0.25) is 0 Å². The molecule has 0 spiro atoms. The number of aryl methyl sites for hydroxylation is 1. The molecule has 232 valence electrons. The second-order valence-electron chi connectivity index (χ2n) is 10.3. The first kappa shape index (κ1) is 29.8. The monoisotopic (exact) mass is 640 g/mol. The summed E-state index contributed by atoms with van der Waals surface area (Å²) in [6.45, 7) is 1.92.